The lowest BCUT2D eigenvalue weighted by atomic mass is 10.2. The second-order valence-corrected chi connectivity index (χ2v) is 7.17. The van der Waals surface area contributed by atoms with Crippen molar-refractivity contribution in [3.8, 4) is 0 Å². The lowest BCUT2D eigenvalue weighted by molar-refractivity contribution is 0.0946. The number of carbonyl (C=O) groups excluding carboxylic acids is 1. The molecule has 4 rings (SSSR count). The van der Waals surface area contributed by atoms with Crippen molar-refractivity contribution in [3.63, 3.8) is 0 Å². The molecule has 9 heteroatoms. The number of anilines is 1. The van der Waals surface area contributed by atoms with Crippen LogP contribution in [0, 0.1) is 0 Å². The molecule has 0 unspecified atom stereocenters. The summed E-state index contributed by atoms with van der Waals surface area (Å²) in [6.07, 6.45) is 4.08. The molecule has 150 valence electrons. The van der Waals surface area contributed by atoms with Crippen molar-refractivity contribution in [2.24, 2.45) is 14.1 Å². The van der Waals surface area contributed by atoms with E-state index in [0.29, 0.717) is 6.54 Å². The Morgan fingerprint density at radius 2 is 1.86 bits per heavy atom. The van der Waals surface area contributed by atoms with Crippen LogP contribution in [-0.2, 0) is 20.6 Å². The SMILES string of the molecule is Cn1c(=O)c2ccc(C(=O)NCc3ccnc(N4CCCC4)c3)nc2n(C)c1=O. The Kier molecular flexibility index (Phi) is 4.87. The van der Waals surface area contributed by atoms with Crippen LogP contribution >= 0.6 is 0 Å². The number of carbonyl (C=O) groups is 1. The van der Waals surface area contributed by atoms with Crippen LogP contribution in [0.4, 0.5) is 5.82 Å². The molecule has 4 heterocycles. The standard InChI is InChI=1S/C20H22N6O3/c1-24-17-14(19(28)25(2)20(24)29)5-6-15(23-17)18(27)22-12-13-7-8-21-16(11-13)26-9-3-4-10-26/h5-8,11H,3-4,9-10,12H2,1-2H3,(H,22,27). The van der Waals surface area contributed by atoms with E-state index >= 15 is 0 Å². The molecular formula is C20H22N6O3. The predicted octanol–water partition coefficient (Wildman–Crippen LogP) is 0.557. The lowest BCUT2D eigenvalue weighted by Gasteiger charge is -2.17. The second-order valence-electron chi connectivity index (χ2n) is 7.17. The third kappa shape index (κ3) is 3.51. The van der Waals surface area contributed by atoms with Gasteiger partial charge in [0, 0.05) is 39.9 Å². The lowest BCUT2D eigenvalue weighted by Crippen LogP contribution is -2.37. The Morgan fingerprint density at radius 3 is 2.62 bits per heavy atom. The summed E-state index contributed by atoms with van der Waals surface area (Å²) in [5, 5.41) is 3.13. The van der Waals surface area contributed by atoms with Gasteiger partial charge in [-0.05, 0) is 42.7 Å². The number of rotatable bonds is 4. The van der Waals surface area contributed by atoms with Gasteiger partial charge in [-0.1, -0.05) is 0 Å². The minimum Gasteiger partial charge on any atom is -0.357 e. The van der Waals surface area contributed by atoms with Gasteiger partial charge < -0.3 is 10.2 Å². The number of pyridine rings is 2. The van der Waals surface area contributed by atoms with Crippen molar-refractivity contribution >= 4 is 22.8 Å². The van der Waals surface area contributed by atoms with Crippen LogP contribution in [0.3, 0.4) is 0 Å². The molecule has 1 N–H and O–H groups in total. The maximum atomic E-state index is 12.6. The van der Waals surface area contributed by atoms with Crippen molar-refractivity contribution in [1.29, 1.82) is 0 Å². The Hall–Kier alpha value is -3.49. The minimum atomic E-state index is -0.487. The summed E-state index contributed by atoms with van der Waals surface area (Å²) in [4.78, 5) is 47.8. The van der Waals surface area contributed by atoms with E-state index in [0.717, 1.165) is 29.0 Å². The normalized spacial score (nSPS) is 13.8. The van der Waals surface area contributed by atoms with Crippen molar-refractivity contribution in [3.05, 3.63) is 62.6 Å². The summed E-state index contributed by atoms with van der Waals surface area (Å²) in [7, 11) is 2.94. The average molecular weight is 394 g/mol. The van der Waals surface area contributed by atoms with Gasteiger partial charge in [0.1, 0.15) is 17.2 Å². The van der Waals surface area contributed by atoms with Crippen molar-refractivity contribution in [2.75, 3.05) is 18.0 Å². The molecule has 0 atom stereocenters. The van der Waals surface area contributed by atoms with Crippen LogP contribution in [0.25, 0.3) is 11.0 Å². The van der Waals surface area contributed by atoms with Crippen LogP contribution in [-0.4, -0.2) is 38.1 Å². The molecule has 0 saturated carbocycles. The first-order chi connectivity index (χ1) is 14.0. The van der Waals surface area contributed by atoms with Crippen LogP contribution in [0.1, 0.15) is 28.9 Å². The van der Waals surface area contributed by atoms with Crippen molar-refractivity contribution in [2.45, 2.75) is 19.4 Å². The van der Waals surface area contributed by atoms with Gasteiger partial charge in [0.05, 0.1) is 5.39 Å². The summed E-state index contributed by atoms with van der Waals surface area (Å²) in [5.74, 6) is 0.545. The van der Waals surface area contributed by atoms with Crippen LogP contribution in [0.15, 0.2) is 40.1 Å². The summed E-state index contributed by atoms with van der Waals surface area (Å²) < 4.78 is 2.28. The predicted molar refractivity (Wildman–Crippen MR) is 109 cm³/mol. The molecule has 1 aliphatic heterocycles. The molecule has 0 bridgehead atoms. The van der Waals surface area contributed by atoms with Gasteiger partial charge in [0.15, 0.2) is 0 Å². The first-order valence-electron chi connectivity index (χ1n) is 9.50. The van der Waals surface area contributed by atoms with Crippen molar-refractivity contribution in [1.82, 2.24) is 24.4 Å². The van der Waals surface area contributed by atoms with Crippen LogP contribution in [0.2, 0.25) is 0 Å². The molecule has 1 fully saturated rings. The van der Waals surface area contributed by atoms with Gasteiger partial charge in [0.2, 0.25) is 0 Å². The van der Waals surface area contributed by atoms with Gasteiger partial charge in [-0.15, -0.1) is 0 Å². The van der Waals surface area contributed by atoms with Gasteiger partial charge >= 0.3 is 5.69 Å². The molecule has 1 aliphatic rings. The molecule has 9 nitrogen and oxygen atoms in total. The Morgan fingerprint density at radius 1 is 1.10 bits per heavy atom. The summed E-state index contributed by atoms with van der Waals surface area (Å²) >= 11 is 0. The van der Waals surface area contributed by atoms with Gasteiger partial charge in [-0.25, -0.2) is 14.8 Å². The number of amides is 1. The molecule has 0 radical (unpaired) electrons. The molecule has 3 aromatic heterocycles. The highest BCUT2D eigenvalue weighted by atomic mass is 16.2. The Bertz CT molecular complexity index is 1210. The van der Waals surface area contributed by atoms with Gasteiger partial charge in [-0.2, -0.15) is 0 Å². The Balaban J connectivity index is 1.55. The average Bonchev–Trinajstić information content (AvgIpc) is 3.29. The van der Waals surface area contributed by atoms with E-state index < -0.39 is 11.2 Å². The summed E-state index contributed by atoms with van der Waals surface area (Å²) in [6, 6.07) is 6.86. The maximum absolute atomic E-state index is 12.6. The zero-order valence-corrected chi connectivity index (χ0v) is 16.4. The molecule has 29 heavy (non-hydrogen) atoms. The number of nitrogens with zero attached hydrogens (tertiary/aromatic N) is 5. The fourth-order valence-corrected chi connectivity index (χ4v) is 3.54. The van der Waals surface area contributed by atoms with E-state index in [-0.39, 0.29) is 22.6 Å². The summed E-state index contributed by atoms with van der Waals surface area (Å²) in [6.45, 7) is 2.33. The van der Waals surface area contributed by atoms with E-state index in [1.54, 1.807) is 6.20 Å². The maximum Gasteiger partial charge on any atom is 0.332 e. The van der Waals surface area contributed by atoms with E-state index in [4.69, 9.17) is 0 Å². The highest BCUT2D eigenvalue weighted by Gasteiger charge is 2.15. The number of hydrogen-bond donors (Lipinski definition) is 1. The van der Waals surface area contributed by atoms with Crippen LogP contribution in [0.5, 0.6) is 0 Å². The highest BCUT2D eigenvalue weighted by molar-refractivity contribution is 5.94. The fourth-order valence-electron chi connectivity index (χ4n) is 3.54. The van der Waals surface area contributed by atoms with Gasteiger partial charge in [0.25, 0.3) is 11.5 Å². The molecule has 3 aromatic rings. The molecule has 0 aliphatic carbocycles. The molecular weight excluding hydrogens is 372 g/mol. The smallest absolute Gasteiger partial charge is 0.332 e. The number of fused-ring (bicyclic) bond motifs is 1. The molecule has 0 spiro atoms. The first kappa shape index (κ1) is 18.9. The van der Waals surface area contributed by atoms with Gasteiger partial charge in [-0.3, -0.25) is 18.7 Å². The Labute approximate surface area is 166 Å². The van der Waals surface area contributed by atoms with E-state index in [2.05, 4.69) is 20.2 Å². The molecule has 0 aromatic carbocycles. The third-order valence-electron chi connectivity index (χ3n) is 5.23. The fraction of sp³-hybridized carbons (Fsp3) is 0.350. The summed E-state index contributed by atoms with van der Waals surface area (Å²) in [5.41, 5.74) is 0.352. The number of hydrogen-bond acceptors (Lipinski definition) is 6. The monoisotopic (exact) mass is 394 g/mol. The zero-order chi connectivity index (χ0) is 20.5. The highest BCUT2D eigenvalue weighted by Crippen LogP contribution is 2.18. The largest absolute Gasteiger partial charge is 0.357 e. The quantitative estimate of drug-likeness (QED) is 0.694. The van der Waals surface area contributed by atoms with E-state index in [9.17, 15) is 14.4 Å². The zero-order valence-electron chi connectivity index (χ0n) is 16.4. The third-order valence-corrected chi connectivity index (χ3v) is 5.23. The van der Waals surface area contributed by atoms with Crippen LogP contribution < -0.4 is 21.5 Å². The first-order valence-corrected chi connectivity index (χ1v) is 9.50. The second kappa shape index (κ2) is 7.50. The van der Waals surface area contributed by atoms with E-state index in [1.807, 2.05) is 12.1 Å². The molecule has 1 amide bonds. The minimum absolute atomic E-state index is 0.148. The topological polar surface area (TPSA) is 102 Å². The molecule has 1 saturated heterocycles. The van der Waals surface area contributed by atoms with Crippen molar-refractivity contribution < 1.29 is 4.79 Å². The number of aryl methyl sites for hydroxylation is 1. The number of nitrogens with one attached hydrogen (secondary N) is 1. The van der Waals surface area contributed by atoms with E-state index in [1.165, 1.54) is 43.6 Å². The number of aromatic nitrogens is 4.